The quantitative estimate of drug-likeness (QED) is 0.535. The van der Waals surface area contributed by atoms with Gasteiger partial charge in [0.2, 0.25) is 5.69 Å². The number of unbranched alkanes of at least 4 members (excludes halogenated alkanes) is 1. The third kappa shape index (κ3) is 3.39. The molecule has 0 saturated carbocycles. The zero-order valence-electron chi connectivity index (χ0n) is 9.57. The van der Waals surface area contributed by atoms with Gasteiger partial charge >= 0.3 is 0 Å². The van der Waals surface area contributed by atoms with Gasteiger partial charge in [-0.2, -0.15) is 4.73 Å². The number of aromatic nitrogens is 1. The standard InChI is InChI=1S/C13H19NO/c1-3-5-9-12(8-4-2)13-10-6-7-11-14(13)15/h6-7,9-11H,3-5,8H2,1-2H3. The average Bonchev–Trinajstić information content (AvgIpc) is 2.25. The smallest absolute Gasteiger partial charge is 0.219 e. The van der Waals surface area contributed by atoms with Gasteiger partial charge in [0.05, 0.1) is 0 Å². The summed E-state index contributed by atoms with van der Waals surface area (Å²) in [6.07, 6.45) is 7.97. The third-order valence-electron chi connectivity index (χ3n) is 2.35. The number of nitrogens with zero attached hydrogens (tertiary/aromatic N) is 1. The normalized spacial score (nSPS) is 11.7. The molecule has 0 aliphatic heterocycles. The van der Waals surface area contributed by atoms with Crippen molar-refractivity contribution in [1.82, 2.24) is 0 Å². The van der Waals surface area contributed by atoms with Crippen molar-refractivity contribution in [3.63, 3.8) is 0 Å². The molecular weight excluding hydrogens is 186 g/mol. The summed E-state index contributed by atoms with van der Waals surface area (Å²) in [4.78, 5) is 0. The zero-order chi connectivity index (χ0) is 11.1. The van der Waals surface area contributed by atoms with Gasteiger partial charge < -0.3 is 5.21 Å². The molecule has 0 bridgehead atoms. The summed E-state index contributed by atoms with van der Waals surface area (Å²) in [7, 11) is 0. The second-order valence-electron chi connectivity index (χ2n) is 3.68. The van der Waals surface area contributed by atoms with Gasteiger partial charge in [0, 0.05) is 17.7 Å². The molecule has 0 N–H and O–H groups in total. The Morgan fingerprint density at radius 3 is 2.73 bits per heavy atom. The van der Waals surface area contributed by atoms with Gasteiger partial charge in [-0.3, -0.25) is 0 Å². The number of hydrogen-bond donors (Lipinski definition) is 0. The van der Waals surface area contributed by atoms with Crippen molar-refractivity contribution < 1.29 is 4.73 Å². The molecule has 0 radical (unpaired) electrons. The molecule has 0 aliphatic carbocycles. The lowest BCUT2D eigenvalue weighted by molar-refractivity contribution is -0.608. The van der Waals surface area contributed by atoms with E-state index in [1.807, 2.05) is 12.1 Å². The lowest BCUT2D eigenvalue weighted by Gasteiger charge is -2.07. The van der Waals surface area contributed by atoms with E-state index in [1.54, 1.807) is 12.3 Å². The SMILES string of the molecule is CCCC=C(CCC)c1cccc[n+]1[O-]. The van der Waals surface area contributed by atoms with E-state index in [2.05, 4.69) is 19.9 Å². The highest BCUT2D eigenvalue weighted by atomic mass is 16.5. The molecule has 1 heterocycles. The van der Waals surface area contributed by atoms with E-state index in [0.29, 0.717) is 0 Å². The Labute approximate surface area is 91.8 Å². The van der Waals surface area contributed by atoms with Crippen molar-refractivity contribution in [3.05, 3.63) is 41.4 Å². The first-order valence-electron chi connectivity index (χ1n) is 5.67. The maximum Gasteiger partial charge on any atom is 0.219 e. The zero-order valence-corrected chi connectivity index (χ0v) is 9.57. The van der Waals surface area contributed by atoms with Gasteiger partial charge in [0.1, 0.15) is 0 Å². The molecule has 0 aromatic carbocycles. The predicted molar refractivity (Wildman–Crippen MR) is 63.2 cm³/mol. The molecule has 0 atom stereocenters. The molecule has 0 amide bonds. The molecule has 2 heteroatoms. The van der Waals surface area contributed by atoms with E-state index in [4.69, 9.17) is 0 Å². The summed E-state index contributed by atoms with van der Waals surface area (Å²) in [5, 5.41) is 11.6. The van der Waals surface area contributed by atoms with E-state index in [1.165, 1.54) is 5.57 Å². The van der Waals surface area contributed by atoms with Gasteiger partial charge in [0.15, 0.2) is 6.20 Å². The van der Waals surface area contributed by atoms with Gasteiger partial charge in [-0.05, 0) is 18.9 Å². The lowest BCUT2D eigenvalue weighted by atomic mass is 10.0. The Bertz CT molecular complexity index is 331. The van der Waals surface area contributed by atoms with E-state index < -0.39 is 0 Å². The molecule has 2 nitrogen and oxygen atoms in total. The minimum absolute atomic E-state index is 0.799. The predicted octanol–water partition coefficient (Wildman–Crippen LogP) is 3.30. The fourth-order valence-corrected chi connectivity index (χ4v) is 1.60. The molecule has 82 valence electrons. The van der Waals surface area contributed by atoms with Crippen molar-refractivity contribution in [2.45, 2.75) is 39.5 Å². The van der Waals surface area contributed by atoms with Crippen LogP contribution in [0.2, 0.25) is 0 Å². The minimum Gasteiger partial charge on any atom is -0.618 e. The molecule has 0 fully saturated rings. The van der Waals surface area contributed by atoms with Crippen molar-refractivity contribution in [3.8, 4) is 0 Å². The van der Waals surface area contributed by atoms with E-state index >= 15 is 0 Å². The van der Waals surface area contributed by atoms with Crippen LogP contribution in [-0.4, -0.2) is 0 Å². The Kier molecular flexibility index (Phi) is 4.88. The second kappa shape index (κ2) is 6.23. The Morgan fingerprint density at radius 1 is 1.33 bits per heavy atom. The monoisotopic (exact) mass is 205 g/mol. The van der Waals surface area contributed by atoms with Gasteiger partial charge in [-0.25, -0.2) is 0 Å². The van der Waals surface area contributed by atoms with Crippen LogP contribution in [0.3, 0.4) is 0 Å². The van der Waals surface area contributed by atoms with Gasteiger partial charge in [0.25, 0.3) is 0 Å². The van der Waals surface area contributed by atoms with Crippen LogP contribution >= 0.6 is 0 Å². The molecule has 1 rings (SSSR count). The van der Waals surface area contributed by atoms with Crippen LogP contribution in [0.5, 0.6) is 0 Å². The molecule has 15 heavy (non-hydrogen) atoms. The summed E-state index contributed by atoms with van der Waals surface area (Å²) in [5.41, 5.74) is 1.97. The van der Waals surface area contributed by atoms with Crippen LogP contribution in [-0.2, 0) is 0 Å². The second-order valence-corrected chi connectivity index (χ2v) is 3.68. The highest BCUT2D eigenvalue weighted by Crippen LogP contribution is 2.17. The van der Waals surface area contributed by atoms with Crippen LogP contribution in [0, 0.1) is 5.21 Å². The number of allylic oxidation sites excluding steroid dienone is 2. The van der Waals surface area contributed by atoms with Crippen molar-refractivity contribution in [2.24, 2.45) is 0 Å². The van der Waals surface area contributed by atoms with Crippen molar-refractivity contribution in [1.29, 1.82) is 0 Å². The Balaban J connectivity index is 2.93. The average molecular weight is 205 g/mol. The fraction of sp³-hybridized carbons (Fsp3) is 0.462. The minimum atomic E-state index is 0.799. The van der Waals surface area contributed by atoms with Crippen LogP contribution in [0.15, 0.2) is 30.5 Å². The summed E-state index contributed by atoms with van der Waals surface area (Å²) >= 11 is 0. The highest BCUT2D eigenvalue weighted by Gasteiger charge is 2.08. The van der Waals surface area contributed by atoms with E-state index in [9.17, 15) is 5.21 Å². The van der Waals surface area contributed by atoms with E-state index in [-0.39, 0.29) is 0 Å². The molecule has 1 aromatic heterocycles. The van der Waals surface area contributed by atoms with Crippen LogP contribution in [0.25, 0.3) is 5.57 Å². The van der Waals surface area contributed by atoms with Crippen LogP contribution < -0.4 is 4.73 Å². The maximum atomic E-state index is 11.6. The van der Waals surface area contributed by atoms with Crippen LogP contribution in [0.1, 0.15) is 45.2 Å². The van der Waals surface area contributed by atoms with Crippen molar-refractivity contribution in [2.75, 3.05) is 0 Å². The lowest BCUT2D eigenvalue weighted by Crippen LogP contribution is -2.30. The first-order chi connectivity index (χ1) is 7.29. The molecule has 0 aliphatic rings. The summed E-state index contributed by atoms with van der Waals surface area (Å²) in [6.45, 7) is 4.29. The molecule has 0 saturated heterocycles. The van der Waals surface area contributed by atoms with Gasteiger partial charge in [-0.15, -0.1) is 0 Å². The van der Waals surface area contributed by atoms with E-state index in [0.717, 1.165) is 36.1 Å². The molecule has 1 aromatic rings. The molecular formula is C13H19NO. The van der Waals surface area contributed by atoms with Crippen LogP contribution in [0.4, 0.5) is 0 Å². The highest BCUT2D eigenvalue weighted by molar-refractivity contribution is 5.60. The fourth-order valence-electron chi connectivity index (χ4n) is 1.60. The first-order valence-corrected chi connectivity index (χ1v) is 5.67. The first kappa shape index (κ1) is 11.8. The largest absolute Gasteiger partial charge is 0.618 e. The summed E-state index contributed by atoms with van der Waals surface area (Å²) in [5.74, 6) is 0. The molecule has 0 spiro atoms. The summed E-state index contributed by atoms with van der Waals surface area (Å²) < 4.78 is 0.956. The molecule has 0 unspecified atom stereocenters. The summed E-state index contributed by atoms with van der Waals surface area (Å²) in [6, 6.07) is 5.57. The van der Waals surface area contributed by atoms with Crippen molar-refractivity contribution >= 4 is 5.57 Å². The number of rotatable bonds is 5. The number of pyridine rings is 1. The van der Waals surface area contributed by atoms with Gasteiger partial charge in [-0.1, -0.05) is 32.8 Å². The maximum absolute atomic E-state index is 11.6. The Hall–Kier alpha value is -1.31. The number of hydrogen-bond acceptors (Lipinski definition) is 1. The Morgan fingerprint density at radius 2 is 2.13 bits per heavy atom. The topological polar surface area (TPSA) is 26.9 Å². The third-order valence-corrected chi connectivity index (χ3v) is 2.35.